The zero-order chi connectivity index (χ0) is 9.90. The van der Waals surface area contributed by atoms with E-state index < -0.39 is 10.1 Å². The number of benzene rings is 1. The molecule has 0 unspecified atom stereocenters. The minimum Gasteiger partial charge on any atom is -0.322 e. The van der Waals surface area contributed by atoms with Crippen molar-refractivity contribution in [3.8, 4) is 0 Å². The second-order valence-corrected chi connectivity index (χ2v) is 3.80. The number of anilines is 1. The Bertz CT molecular complexity index is 394. The summed E-state index contributed by atoms with van der Waals surface area (Å²) in [5, 5.41) is 0. The van der Waals surface area contributed by atoms with Gasteiger partial charge in [-0.3, -0.25) is 4.55 Å². The zero-order valence-electron chi connectivity index (χ0n) is 7.98. The molecular weight excluding hydrogens is 215 g/mol. The summed E-state index contributed by atoms with van der Waals surface area (Å²) in [6, 6.07) is 5.84. The van der Waals surface area contributed by atoms with Gasteiger partial charge in [-0.05, 0) is 18.2 Å². The summed E-state index contributed by atoms with van der Waals surface area (Å²) < 4.78 is 30.1. The van der Waals surface area contributed by atoms with Crippen molar-refractivity contribution in [3.63, 3.8) is 0 Å². The minimum atomic E-state index is -4.11. The van der Waals surface area contributed by atoms with Gasteiger partial charge >= 0.3 is 29.6 Å². The molecule has 0 saturated heterocycles. The van der Waals surface area contributed by atoms with Gasteiger partial charge in [0.2, 0.25) is 0 Å². The standard InChI is InChI=1S/C7H10N2O3S.Na/c1-8-9-6-3-2-4-7(5-6)13(10,11)12;/h2-5,8-9H,1H3,(H,10,11,12);/q;+1. The van der Waals surface area contributed by atoms with Crippen LogP contribution in [-0.2, 0) is 10.1 Å². The van der Waals surface area contributed by atoms with Crippen LogP contribution in [0.2, 0.25) is 0 Å². The normalized spacial score (nSPS) is 10.4. The van der Waals surface area contributed by atoms with Gasteiger partial charge in [-0.15, -0.1) is 0 Å². The van der Waals surface area contributed by atoms with Gasteiger partial charge in [0.05, 0.1) is 10.6 Å². The van der Waals surface area contributed by atoms with Crippen LogP contribution in [-0.4, -0.2) is 20.0 Å². The van der Waals surface area contributed by atoms with Crippen molar-refractivity contribution in [2.45, 2.75) is 4.90 Å². The maximum atomic E-state index is 10.7. The molecule has 0 aromatic heterocycles. The number of nitrogens with one attached hydrogen (secondary N) is 2. The molecule has 0 atom stereocenters. The first-order valence-electron chi connectivity index (χ1n) is 3.54. The molecule has 1 rings (SSSR count). The largest absolute Gasteiger partial charge is 1.00 e. The molecule has 1 aromatic carbocycles. The van der Waals surface area contributed by atoms with E-state index in [1.165, 1.54) is 18.2 Å². The van der Waals surface area contributed by atoms with E-state index in [2.05, 4.69) is 10.9 Å². The fourth-order valence-corrected chi connectivity index (χ4v) is 1.41. The molecule has 0 saturated carbocycles. The minimum absolute atomic E-state index is 0. The van der Waals surface area contributed by atoms with E-state index >= 15 is 0 Å². The average Bonchev–Trinajstić information content (AvgIpc) is 2.04. The SMILES string of the molecule is CNNc1cccc(S(=O)(=O)O)c1.[Na+]. The Kier molecular flexibility index (Phi) is 5.65. The number of hydrazine groups is 1. The maximum absolute atomic E-state index is 10.7. The molecule has 0 heterocycles. The second-order valence-electron chi connectivity index (χ2n) is 2.38. The van der Waals surface area contributed by atoms with Gasteiger partial charge in [0, 0.05) is 7.05 Å². The van der Waals surface area contributed by atoms with E-state index in [0.717, 1.165) is 0 Å². The summed E-state index contributed by atoms with van der Waals surface area (Å²) in [5.74, 6) is 0. The van der Waals surface area contributed by atoms with Gasteiger partial charge in [0.15, 0.2) is 0 Å². The van der Waals surface area contributed by atoms with Crippen LogP contribution in [0.3, 0.4) is 0 Å². The van der Waals surface area contributed by atoms with Crippen molar-refractivity contribution in [3.05, 3.63) is 24.3 Å². The van der Waals surface area contributed by atoms with E-state index in [9.17, 15) is 8.42 Å². The molecule has 0 aliphatic carbocycles. The Morgan fingerprint density at radius 2 is 2.00 bits per heavy atom. The molecule has 0 bridgehead atoms. The molecule has 0 fully saturated rings. The molecule has 3 N–H and O–H groups in total. The molecule has 72 valence electrons. The van der Waals surface area contributed by atoms with E-state index in [1.807, 2.05) is 0 Å². The van der Waals surface area contributed by atoms with Crippen LogP contribution in [0.1, 0.15) is 0 Å². The first kappa shape index (κ1) is 13.9. The van der Waals surface area contributed by atoms with Crippen LogP contribution in [0.5, 0.6) is 0 Å². The quantitative estimate of drug-likeness (QED) is 0.301. The van der Waals surface area contributed by atoms with Gasteiger partial charge in [-0.2, -0.15) is 8.42 Å². The summed E-state index contributed by atoms with van der Waals surface area (Å²) in [6.07, 6.45) is 0. The predicted molar refractivity (Wildman–Crippen MR) is 48.9 cm³/mol. The summed E-state index contributed by atoms with van der Waals surface area (Å²) in [7, 11) is -2.46. The molecule has 5 nitrogen and oxygen atoms in total. The van der Waals surface area contributed by atoms with Crippen molar-refractivity contribution in [2.75, 3.05) is 12.5 Å². The molecule has 14 heavy (non-hydrogen) atoms. The maximum Gasteiger partial charge on any atom is 1.00 e. The van der Waals surface area contributed by atoms with Crippen molar-refractivity contribution in [1.82, 2.24) is 5.43 Å². The third-order valence-corrected chi connectivity index (χ3v) is 2.25. The molecule has 0 spiro atoms. The van der Waals surface area contributed by atoms with Crippen molar-refractivity contribution < 1.29 is 42.5 Å². The van der Waals surface area contributed by atoms with E-state index in [0.29, 0.717) is 5.69 Å². The summed E-state index contributed by atoms with van der Waals surface area (Å²) in [6.45, 7) is 0. The molecule has 0 aliphatic rings. The Balaban J connectivity index is 0.00000169. The van der Waals surface area contributed by atoms with Gasteiger partial charge < -0.3 is 5.43 Å². The third-order valence-electron chi connectivity index (χ3n) is 1.40. The summed E-state index contributed by atoms with van der Waals surface area (Å²) in [4.78, 5) is -0.132. The topological polar surface area (TPSA) is 78.4 Å². The van der Waals surface area contributed by atoms with Crippen LogP contribution in [0.25, 0.3) is 0 Å². The van der Waals surface area contributed by atoms with Gasteiger partial charge in [0.25, 0.3) is 10.1 Å². The zero-order valence-corrected chi connectivity index (χ0v) is 10.8. The Labute approximate surface area is 105 Å². The Hall–Kier alpha value is -0.110. The first-order valence-corrected chi connectivity index (χ1v) is 4.98. The van der Waals surface area contributed by atoms with Gasteiger partial charge in [-0.1, -0.05) is 6.07 Å². The van der Waals surface area contributed by atoms with Crippen molar-refractivity contribution in [1.29, 1.82) is 0 Å². The molecule has 7 heteroatoms. The Morgan fingerprint density at radius 1 is 1.36 bits per heavy atom. The number of hydrogen-bond acceptors (Lipinski definition) is 4. The monoisotopic (exact) mass is 225 g/mol. The van der Waals surface area contributed by atoms with Crippen molar-refractivity contribution in [2.24, 2.45) is 0 Å². The molecular formula is C7H10N2NaO3S+. The van der Waals surface area contributed by atoms with Crippen LogP contribution in [0.4, 0.5) is 5.69 Å². The van der Waals surface area contributed by atoms with Crippen LogP contribution >= 0.6 is 0 Å². The number of hydrogen-bond donors (Lipinski definition) is 3. The van der Waals surface area contributed by atoms with E-state index in [-0.39, 0.29) is 34.5 Å². The van der Waals surface area contributed by atoms with Crippen LogP contribution in [0.15, 0.2) is 29.2 Å². The van der Waals surface area contributed by atoms with Crippen LogP contribution < -0.4 is 40.4 Å². The Morgan fingerprint density at radius 3 is 2.50 bits per heavy atom. The molecule has 0 amide bonds. The van der Waals surface area contributed by atoms with Gasteiger partial charge in [0.1, 0.15) is 0 Å². The average molecular weight is 225 g/mol. The molecule has 1 aromatic rings. The summed E-state index contributed by atoms with van der Waals surface area (Å²) >= 11 is 0. The van der Waals surface area contributed by atoms with Crippen molar-refractivity contribution >= 4 is 15.8 Å². The number of rotatable bonds is 3. The van der Waals surface area contributed by atoms with Crippen LogP contribution in [0, 0.1) is 0 Å². The fraction of sp³-hybridized carbons (Fsp3) is 0.143. The van der Waals surface area contributed by atoms with Gasteiger partial charge in [-0.25, -0.2) is 5.43 Å². The summed E-state index contributed by atoms with van der Waals surface area (Å²) in [5.41, 5.74) is 5.90. The smallest absolute Gasteiger partial charge is 0.322 e. The fourth-order valence-electron chi connectivity index (χ4n) is 0.879. The first-order chi connectivity index (χ1) is 6.04. The molecule has 0 radical (unpaired) electrons. The second kappa shape index (κ2) is 5.69. The molecule has 0 aliphatic heterocycles. The third kappa shape index (κ3) is 3.95. The van der Waals surface area contributed by atoms with E-state index in [4.69, 9.17) is 4.55 Å². The predicted octanol–water partition coefficient (Wildman–Crippen LogP) is -2.52. The van der Waals surface area contributed by atoms with E-state index in [1.54, 1.807) is 13.1 Å².